The highest BCUT2D eigenvalue weighted by Crippen LogP contribution is 2.35. The largest absolute Gasteiger partial charge is 0.456 e. The molecule has 0 saturated heterocycles. The van der Waals surface area contributed by atoms with Gasteiger partial charge in [-0.3, -0.25) is 9.69 Å². The number of carbonyl (C=O) groups is 1. The summed E-state index contributed by atoms with van der Waals surface area (Å²) in [5.74, 6) is -0.218. The molecule has 3 aromatic carbocycles. The second-order valence-corrected chi connectivity index (χ2v) is 11.0. The van der Waals surface area contributed by atoms with Crippen LogP contribution in [0.3, 0.4) is 0 Å². The van der Waals surface area contributed by atoms with E-state index in [0.717, 1.165) is 35.1 Å². The third-order valence-electron chi connectivity index (χ3n) is 7.09. The van der Waals surface area contributed by atoms with Crippen molar-refractivity contribution in [2.45, 2.75) is 91.1 Å². The van der Waals surface area contributed by atoms with Crippen molar-refractivity contribution in [1.82, 2.24) is 4.90 Å². The first-order valence-electron chi connectivity index (χ1n) is 14.0. The zero-order valence-electron chi connectivity index (χ0n) is 22.5. The third kappa shape index (κ3) is 8.59. The summed E-state index contributed by atoms with van der Waals surface area (Å²) in [5, 5.41) is 4.76. The van der Waals surface area contributed by atoms with E-state index < -0.39 is 0 Å². The highest BCUT2D eigenvalue weighted by Gasteiger charge is 2.22. The molecule has 4 heteroatoms. The summed E-state index contributed by atoms with van der Waals surface area (Å²) in [6.07, 6.45) is 12.4. The average molecular weight is 555 g/mol. The van der Waals surface area contributed by atoms with Gasteiger partial charge in [0.05, 0.1) is 0 Å². The lowest BCUT2D eigenvalue weighted by Gasteiger charge is -2.29. The monoisotopic (exact) mass is 553 g/mol. The second kappa shape index (κ2) is 15.4. The quantitative estimate of drug-likeness (QED) is 0.100. The molecule has 0 saturated carbocycles. The fourth-order valence-electron chi connectivity index (χ4n) is 5.18. The molecule has 0 spiro atoms. The zero-order valence-corrected chi connectivity index (χ0v) is 24.1. The van der Waals surface area contributed by atoms with Crippen molar-refractivity contribution in [2.75, 3.05) is 19.6 Å². The van der Waals surface area contributed by atoms with Crippen molar-refractivity contribution < 1.29 is 9.53 Å². The van der Waals surface area contributed by atoms with Crippen LogP contribution in [0.1, 0.15) is 96.6 Å². The van der Waals surface area contributed by atoms with E-state index >= 15 is 0 Å². The number of hydrogen-bond acceptors (Lipinski definition) is 3. The molecule has 0 aliphatic rings. The maximum Gasteiger partial charge on any atom is 0.303 e. The number of hydrogen-bond donors (Lipinski definition) is 0. The lowest BCUT2D eigenvalue weighted by Crippen LogP contribution is -2.32. The smallest absolute Gasteiger partial charge is 0.303 e. The van der Waals surface area contributed by atoms with Crippen molar-refractivity contribution in [2.24, 2.45) is 0 Å². The van der Waals surface area contributed by atoms with Crippen molar-refractivity contribution in [3.8, 4) is 0 Å². The minimum absolute atomic E-state index is 0.218. The Kier molecular flexibility index (Phi) is 12.2. The maximum atomic E-state index is 12.3. The van der Waals surface area contributed by atoms with Crippen LogP contribution < -0.4 is 0 Å². The molecular formula is C32H44BrNO2. The van der Waals surface area contributed by atoms with Gasteiger partial charge < -0.3 is 4.74 Å². The molecule has 3 nitrogen and oxygen atoms in total. The Labute approximate surface area is 226 Å². The van der Waals surface area contributed by atoms with Crippen LogP contribution in [0.15, 0.2) is 53.0 Å². The normalized spacial score (nSPS) is 12.5. The summed E-state index contributed by atoms with van der Waals surface area (Å²) in [7, 11) is 0. The van der Waals surface area contributed by atoms with Gasteiger partial charge in [0.2, 0.25) is 0 Å². The summed E-state index contributed by atoms with van der Waals surface area (Å²) in [6.45, 7) is 8.92. The SMILES string of the molecule is CCCCCCCN(CCCCCCC)C[C@@H](OC(C)=O)c1cc2ccccc2c2cc(Br)ccc12. The molecule has 3 rings (SSSR count). The summed E-state index contributed by atoms with van der Waals surface area (Å²) < 4.78 is 7.11. The second-order valence-electron chi connectivity index (χ2n) is 10.1. The van der Waals surface area contributed by atoms with Crippen molar-refractivity contribution in [3.63, 3.8) is 0 Å². The van der Waals surface area contributed by atoms with Gasteiger partial charge in [-0.15, -0.1) is 0 Å². The van der Waals surface area contributed by atoms with E-state index in [1.54, 1.807) is 0 Å². The van der Waals surface area contributed by atoms with Crippen LogP contribution in [-0.4, -0.2) is 30.5 Å². The van der Waals surface area contributed by atoms with E-state index in [2.05, 4.69) is 83.2 Å². The molecule has 0 aliphatic heterocycles. The number of ether oxygens (including phenoxy) is 1. The van der Waals surface area contributed by atoms with Gasteiger partial charge in [-0.2, -0.15) is 0 Å². The predicted octanol–water partition coefficient (Wildman–Crippen LogP) is 9.60. The fourth-order valence-corrected chi connectivity index (χ4v) is 5.54. The maximum absolute atomic E-state index is 12.3. The topological polar surface area (TPSA) is 29.5 Å². The highest BCUT2D eigenvalue weighted by atomic mass is 79.9. The van der Waals surface area contributed by atoms with Gasteiger partial charge >= 0.3 is 5.97 Å². The number of rotatable bonds is 16. The van der Waals surface area contributed by atoms with Gasteiger partial charge in [-0.05, 0) is 65.7 Å². The summed E-state index contributed by atoms with van der Waals surface area (Å²) in [6, 6.07) is 17.2. The molecule has 0 radical (unpaired) electrons. The van der Waals surface area contributed by atoms with Gasteiger partial charge in [0.25, 0.3) is 0 Å². The number of unbranched alkanes of at least 4 members (excludes halogenated alkanes) is 8. The van der Waals surface area contributed by atoms with Crippen LogP contribution in [0.25, 0.3) is 21.5 Å². The lowest BCUT2D eigenvalue weighted by atomic mass is 9.94. The molecule has 36 heavy (non-hydrogen) atoms. The minimum Gasteiger partial charge on any atom is -0.456 e. The molecule has 0 aromatic heterocycles. The number of benzene rings is 3. The zero-order chi connectivity index (χ0) is 25.8. The summed E-state index contributed by atoms with van der Waals surface area (Å²) >= 11 is 3.66. The van der Waals surface area contributed by atoms with Crippen LogP contribution in [0.2, 0.25) is 0 Å². The average Bonchev–Trinajstić information content (AvgIpc) is 2.87. The first kappa shape index (κ1) is 28.7. The molecule has 3 aromatic rings. The number of halogens is 1. The van der Waals surface area contributed by atoms with Crippen LogP contribution in [0.4, 0.5) is 0 Å². The lowest BCUT2D eigenvalue weighted by molar-refractivity contribution is -0.147. The van der Waals surface area contributed by atoms with Crippen LogP contribution >= 0.6 is 15.9 Å². The van der Waals surface area contributed by atoms with E-state index in [4.69, 9.17) is 4.74 Å². The molecule has 0 unspecified atom stereocenters. The summed E-state index contributed by atoms with van der Waals surface area (Å²) in [5.41, 5.74) is 1.10. The van der Waals surface area contributed by atoms with Crippen LogP contribution in [0.5, 0.6) is 0 Å². The standard InChI is InChI=1S/C32H44BrNO2/c1-4-6-8-10-14-20-34(21-15-11-9-7-5-2)24-32(36-25(3)35)31-22-26-16-12-13-17-28(26)30-23-27(33)18-19-29(30)31/h12-13,16-19,22-23,32H,4-11,14-15,20-21,24H2,1-3H3/t32-/m1/s1. The van der Waals surface area contributed by atoms with E-state index in [1.807, 2.05) is 0 Å². The van der Waals surface area contributed by atoms with Gasteiger partial charge in [0.1, 0.15) is 6.10 Å². The first-order chi connectivity index (χ1) is 17.5. The molecule has 0 heterocycles. The molecule has 0 amide bonds. The van der Waals surface area contributed by atoms with E-state index in [9.17, 15) is 4.79 Å². The number of carbonyl (C=O) groups excluding carboxylic acids is 1. The van der Waals surface area contributed by atoms with Crippen molar-refractivity contribution in [3.05, 3.63) is 58.6 Å². The van der Waals surface area contributed by atoms with Crippen molar-refractivity contribution in [1.29, 1.82) is 0 Å². The molecule has 0 N–H and O–H groups in total. The summed E-state index contributed by atoms with van der Waals surface area (Å²) in [4.78, 5) is 14.8. The van der Waals surface area contributed by atoms with Crippen LogP contribution in [0, 0.1) is 0 Å². The fraction of sp³-hybridized carbons (Fsp3) is 0.531. The van der Waals surface area contributed by atoms with Gasteiger partial charge in [-0.25, -0.2) is 0 Å². The Bertz CT molecular complexity index is 1080. The third-order valence-corrected chi connectivity index (χ3v) is 7.58. The van der Waals surface area contributed by atoms with Gasteiger partial charge in [-0.1, -0.05) is 111 Å². The van der Waals surface area contributed by atoms with Crippen molar-refractivity contribution >= 4 is 43.4 Å². The highest BCUT2D eigenvalue weighted by molar-refractivity contribution is 9.10. The molecule has 196 valence electrons. The van der Waals surface area contributed by atoms with E-state index in [1.165, 1.54) is 87.3 Å². The molecule has 0 fully saturated rings. The molecule has 1 atom stereocenters. The number of esters is 1. The first-order valence-corrected chi connectivity index (χ1v) is 14.8. The minimum atomic E-state index is -0.290. The Morgan fingerprint density at radius 3 is 2.08 bits per heavy atom. The van der Waals surface area contributed by atoms with Crippen LogP contribution in [-0.2, 0) is 9.53 Å². The van der Waals surface area contributed by atoms with E-state index in [0.29, 0.717) is 0 Å². The number of nitrogens with zero attached hydrogens (tertiary/aromatic N) is 1. The molecule has 0 bridgehead atoms. The molecule has 0 aliphatic carbocycles. The van der Waals surface area contributed by atoms with E-state index in [-0.39, 0.29) is 12.1 Å². The predicted molar refractivity (Wildman–Crippen MR) is 158 cm³/mol. The Balaban J connectivity index is 1.89. The Morgan fingerprint density at radius 2 is 1.44 bits per heavy atom. The van der Waals surface area contributed by atoms with Gasteiger partial charge in [0, 0.05) is 23.5 Å². The Morgan fingerprint density at radius 1 is 0.806 bits per heavy atom. The molecular weight excluding hydrogens is 510 g/mol. The number of fused-ring (bicyclic) bond motifs is 3. The van der Waals surface area contributed by atoms with Gasteiger partial charge in [0.15, 0.2) is 0 Å². The Hall–Kier alpha value is -1.91.